The van der Waals surface area contributed by atoms with Crippen LogP contribution in [-0.4, -0.2) is 129 Å². The van der Waals surface area contributed by atoms with E-state index in [-0.39, 0.29) is 35.1 Å². The predicted octanol–water partition coefficient (Wildman–Crippen LogP) is 14.1. The van der Waals surface area contributed by atoms with Crippen LogP contribution in [0.15, 0.2) is 188 Å². The number of nitrogens with one attached hydrogen (secondary N) is 8. The Labute approximate surface area is 651 Å². The number of carbonyl (C=O) groups excluding carboxylic acids is 4. The Morgan fingerprint density at radius 2 is 0.634 bits per heavy atom. The highest BCUT2D eigenvalue weighted by Gasteiger charge is 2.31. The first-order valence-electron chi connectivity index (χ1n) is 35.0. The first-order valence-corrected chi connectivity index (χ1v) is 43.0. The van der Waals surface area contributed by atoms with Crippen LogP contribution in [0.25, 0.3) is 43.6 Å². The summed E-state index contributed by atoms with van der Waals surface area (Å²) >= 11 is 6.19. The van der Waals surface area contributed by atoms with Crippen molar-refractivity contribution in [2.24, 2.45) is 0 Å². The van der Waals surface area contributed by atoms with E-state index in [2.05, 4.69) is 19.9 Å². The number of para-hydroxylation sites is 5. The molecule has 0 aliphatic rings. The Balaban J connectivity index is 0.000000172. The Hall–Kier alpha value is -11.1. The predicted molar refractivity (Wildman–Crippen MR) is 428 cm³/mol. The fourth-order valence-corrected chi connectivity index (χ4v) is 14.0. The summed E-state index contributed by atoms with van der Waals surface area (Å²) in [4.78, 5) is 61.6. The minimum atomic E-state index is -4.45. The largest absolute Gasteiger partial charge is 0.494 e. The van der Waals surface area contributed by atoms with E-state index in [0.717, 1.165) is 125 Å². The Kier molecular flexibility index (Phi) is 28.6. The average molecular weight is 1630 g/mol. The number of amides is 4. The van der Waals surface area contributed by atoms with Gasteiger partial charge in [-0.05, 0) is 184 Å². The third-order valence-electron chi connectivity index (χ3n) is 17.0. The van der Waals surface area contributed by atoms with E-state index >= 15 is 0 Å². The fourth-order valence-electron chi connectivity index (χ4n) is 12.2. The molecule has 0 atom stereocenters. The van der Waals surface area contributed by atoms with Crippen LogP contribution in [0.1, 0.15) is 112 Å². The Morgan fingerprint density at radius 3 is 0.946 bits per heavy atom. The standard InChI is InChI=1S/C21H23ClN2O4S.C20H19F3N2O4S.C20H22N2O4S.C19H20N2O4S/c1-13-11-15(12-14(2)19(13)22)28-10-6-8-17-16-7-4-5-9-18(16)23-20(17)21(25)24-29(3,26)27;1-30(27,28)25-19(26)18-16(15-8-2-3-10-17(15)24-18)9-5-11-29-14-7-4-6-13(12-14)20(21,22)23;1-14-9-11-15(12-10-14)26-13-5-7-17-16-6-3-4-8-18(16)21-19(17)20(23)22-27(2,24)25;1-26(23,24)21-19(22)18-16(15-10-5-6-12-17(15)20-18)11-7-13-25-14-8-3-2-4-9-14/h4-5,7,9,11-12,23H,6,8,10H2,1-3H3,(H,24,25);2-4,6-8,10,12,24H,5,9,11H2,1H3,(H,25,26);3-4,6,8-12,21H,5,7,13H2,1-2H3,(H,22,23);2-6,8-10,12,20H,7,11,13H2,1H3,(H,21,22). The van der Waals surface area contributed by atoms with E-state index in [9.17, 15) is 66.0 Å². The van der Waals surface area contributed by atoms with E-state index in [4.69, 9.17) is 30.5 Å². The van der Waals surface area contributed by atoms with E-state index in [1.165, 1.54) is 17.7 Å². The summed E-state index contributed by atoms with van der Waals surface area (Å²) in [5.41, 5.74) is 9.23. The molecule has 0 fully saturated rings. The van der Waals surface area contributed by atoms with Crippen molar-refractivity contribution < 1.29 is 85.0 Å². The van der Waals surface area contributed by atoms with Crippen molar-refractivity contribution in [1.29, 1.82) is 0 Å². The van der Waals surface area contributed by atoms with Crippen molar-refractivity contribution in [2.45, 2.75) is 78.3 Å². The number of aromatic nitrogens is 4. The monoisotopic (exact) mass is 1630 g/mol. The smallest absolute Gasteiger partial charge is 0.416 e. The summed E-state index contributed by atoms with van der Waals surface area (Å²) in [6.07, 6.45) is 3.83. The molecule has 0 saturated carbocycles. The molecule has 8 N–H and O–H groups in total. The van der Waals surface area contributed by atoms with Crippen molar-refractivity contribution in [3.05, 3.63) is 260 Å². The summed E-state index contributed by atoms with van der Waals surface area (Å²) in [6.45, 7) is 7.44. The number of fused-ring (bicyclic) bond motifs is 4. The van der Waals surface area contributed by atoms with Crippen LogP contribution >= 0.6 is 11.6 Å². The van der Waals surface area contributed by atoms with Gasteiger partial charge in [0.15, 0.2) is 0 Å². The number of carbonyl (C=O) groups is 4. The maximum Gasteiger partial charge on any atom is 0.416 e. The van der Waals surface area contributed by atoms with Crippen molar-refractivity contribution in [3.8, 4) is 23.0 Å². The van der Waals surface area contributed by atoms with Gasteiger partial charge in [0.2, 0.25) is 40.1 Å². The number of hydrogen-bond donors (Lipinski definition) is 8. The molecule has 112 heavy (non-hydrogen) atoms. The molecule has 0 aliphatic carbocycles. The van der Waals surface area contributed by atoms with E-state index in [1.54, 1.807) is 24.3 Å². The number of hydrogen-bond acceptors (Lipinski definition) is 16. The van der Waals surface area contributed by atoms with Gasteiger partial charge in [-0.2, -0.15) is 13.2 Å². The molecular weight excluding hydrogens is 1550 g/mol. The molecule has 4 amide bonds. The number of alkyl halides is 3. The second kappa shape index (κ2) is 37.7. The molecule has 0 unspecified atom stereocenters. The molecule has 8 aromatic carbocycles. The first kappa shape index (κ1) is 84.9. The van der Waals surface area contributed by atoms with Gasteiger partial charge in [-0.1, -0.05) is 126 Å². The van der Waals surface area contributed by atoms with Crippen LogP contribution in [-0.2, 0) is 72.0 Å². The fraction of sp³-hybridized carbons (Fsp3) is 0.250. The quantitative estimate of drug-likeness (QED) is 0.0211. The van der Waals surface area contributed by atoms with E-state index in [0.29, 0.717) is 82.3 Å². The minimum absolute atomic E-state index is 0.0961. The molecule has 0 bridgehead atoms. The summed E-state index contributed by atoms with van der Waals surface area (Å²) in [6, 6.07) is 55.4. The number of sulfonamides is 4. The van der Waals surface area contributed by atoms with Crippen molar-refractivity contribution in [2.75, 3.05) is 51.5 Å². The van der Waals surface area contributed by atoms with Crippen LogP contribution in [0.4, 0.5) is 13.2 Å². The topological polar surface area (TPSA) is 353 Å². The van der Waals surface area contributed by atoms with E-state index in [1.807, 2.05) is 179 Å². The lowest BCUT2D eigenvalue weighted by Crippen LogP contribution is -2.30. The number of H-pyrrole nitrogens is 4. The second-order valence-electron chi connectivity index (χ2n) is 26.2. The molecule has 0 aliphatic heterocycles. The minimum Gasteiger partial charge on any atom is -0.494 e. The number of ether oxygens (including phenoxy) is 4. The number of halogens is 4. The zero-order valence-electron chi connectivity index (χ0n) is 62.1. The van der Waals surface area contributed by atoms with Gasteiger partial charge >= 0.3 is 6.18 Å². The molecule has 24 nitrogen and oxygen atoms in total. The SMILES string of the molecule is CS(=O)(=O)NC(=O)c1[nH]c2ccccc2c1CCCOc1cccc(C(F)(F)F)c1.CS(=O)(=O)NC(=O)c1[nH]c2ccccc2c1CCCOc1ccccc1.Cc1cc(OCCCc2c(C(=O)NS(C)(=O)=O)[nH]c3ccccc23)cc(C)c1Cl.Cc1ccc(OCCCc2c(C(=O)NS(C)(=O)=O)[nH]c3ccccc23)cc1. The molecule has 32 heteroatoms. The summed E-state index contributed by atoms with van der Waals surface area (Å²) < 4.78 is 160. The third-order valence-corrected chi connectivity index (χ3v) is 19.8. The van der Waals surface area contributed by atoms with Crippen LogP contribution in [0.3, 0.4) is 0 Å². The lowest BCUT2D eigenvalue weighted by Gasteiger charge is -2.10. The molecular formula is C80H84ClF3N8O16S4. The lowest BCUT2D eigenvalue weighted by atomic mass is 10.1. The molecule has 4 heterocycles. The normalized spacial score (nSPS) is 11.7. The van der Waals surface area contributed by atoms with Gasteiger partial charge < -0.3 is 38.9 Å². The van der Waals surface area contributed by atoms with Gasteiger partial charge in [0.25, 0.3) is 23.6 Å². The number of aromatic amines is 4. The number of rotatable bonds is 28. The summed E-state index contributed by atoms with van der Waals surface area (Å²) in [5.74, 6) is -0.301. The van der Waals surface area contributed by atoms with Crippen molar-refractivity contribution >= 4 is 119 Å². The highest BCUT2D eigenvalue weighted by Crippen LogP contribution is 2.33. The number of benzene rings is 8. The highest BCUT2D eigenvalue weighted by molar-refractivity contribution is 7.90. The van der Waals surface area contributed by atoms with Gasteiger partial charge in [0.05, 0.1) is 57.0 Å². The van der Waals surface area contributed by atoms with Gasteiger partial charge in [-0.25, -0.2) is 52.6 Å². The molecule has 4 aromatic heterocycles. The zero-order valence-corrected chi connectivity index (χ0v) is 66.1. The molecule has 0 radical (unpaired) electrons. The Bertz CT molecular complexity index is 5810. The van der Waals surface area contributed by atoms with Gasteiger partial charge in [0, 0.05) is 48.6 Å². The van der Waals surface area contributed by atoms with Gasteiger partial charge in [0.1, 0.15) is 45.8 Å². The van der Waals surface area contributed by atoms with Gasteiger partial charge in [-0.3, -0.25) is 19.2 Å². The van der Waals surface area contributed by atoms with Crippen LogP contribution in [0, 0.1) is 20.8 Å². The highest BCUT2D eigenvalue weighted by atomic mass is 35.5. The molecule has 0 spiro atoms. The molecule has 592 valence electrons. The summed E-state index contributed by atoms with van der Waals surface area (Å²) in [7, 11) is -14.7. The van der Waals surface area contributed by atoms with Crippen LogP contribution < -0.4 is 37.8 Å². The van der Waals surface area contributed by atoms with E-state index < -0.39 is 75.5 Å². The van der Waals surface area contributed by atoms with Crippen LogP contribution in [0.5, 0.6) is 23.0 Å². The Morgan fingerprint density at radius 1 is 0.357 bits per heavy atom. The molecule has 12 aromatic rings. The van der Waals surface area contributed by atoms with Crippen LogP contribution in [0.2, 0.25) is 5.02 Å². The first-order chi connectivity index (χ1) is 53.0. The number of aryl methyl sites for hydroxylation is 7. The molecule has 0 saturated heterocycles. The second-order valence-corrected chi connectivity index (χ2v) is 33.6. The zero-order chi connectivity index (χ0) is 81.1. The lowest BCUT2D eigenvalue weighted by molar-refractivity contribution is -0.137. The van der Waals surface area contributed by atoms with Crippen molar-refractivity contribution in [3.63, 3.8) is 0 Å². The maximum atomic E-state index is 12.8. The van der Waals surface area contributed by atoms with Crippen molar-refractivity contribution in [1.82, 2.24) is 38.8 Å². The summed E-state index contributed by atoms with van der Waals surface area (Å²) in [5, 5.41) is 4.20. The van der Waals surface area contributed by atoms with Gasteiger partial charge in [-0.15, -0.1) is 0 Å². The average Bonchev–Trinajstić information content (AvgIpc) is 1.66. The third kappa shape index (κ3) is 24.9. The molecule has 12 rings (SSSR count). The maximum absolute atomic E-state index is 12.8.